The smallest absolute Gasteiger partial charge is 0.120 e. The zero-order valence-corrected chi connectivity index (χ0v) is 8.39. The van der Waals surface area contributed by atoms with Gasteiger partial charge in [0.15, 0.2) is 0 Å². The Balaban J connectivity index is 2.38. The van der Waals surface area contributed by atoms with Crippen LogP contribution < -0.4 is 4.74 Å². The third-order valence-corrected chi connectivity index (χ3v) is 2.64. The Morgan fingerprint density at radius 1 is 1.54 bits per heavy atom. The van der Waals surface area contributed by atoms with Crippen LogP contribution in [0.4, 0.5) is 0 Å². The maximum atomic E-state index is 6.07. The highest BCUT2D eigenvalue weighted by Gasteiger charge is 2.42. The van der Waals surface area contributed by atoms with Gasteiger partial charge in [0.25, 0.3) is 0 Å². The minimum Gasteiger partial charge on any atom is -0.497 e. The summed E-state index contributed by atoms with van der Waals surface area (Å²) in [7, 11) is 1.63. The number of rotatable bonds is 2. The number of epoxide rings is 1. The van der Waals surface area contributed by atoms with Crippen molar-refractivity contribution >= 4 is 11.6 Å². The van der Waals surface area contributed by atoms with Gasteiger partial charge in [-0.1, -0.05) is 17.7 Å². The van der Waals surface area contributed by atoms with Gasteiger partial charge in [-0.2, -0.15) is 0 Å². The van der Waals surface area contributed by atoms with Crippen LogP contribution in [0.15, 0.2) is 18.2 Å². The SMILES string of the molecule is COc1ccc(C2(C)CO2)c(Cl)c1. The normalized spacial score (nSPS) is 25.8. The molecule has 0 aromatic heterocycles. The highest BCUT2D eigenvalue weighted by Crippen LogP contribution is 2.42. The highest BCUT2D eigenvalue weighted by molar-refractivity contribution is 6.31. The molecule has 0 aliphatic carbocycles. The lowest BCUT2D eigenvalue weighted by atomic mass is 10.0. The lowest BCUT2D eigenvalue weighted by Gasteiger charge is -2.09. The Morgan fingerprint density at radius 2 is 2.23 bits per heavy atom. The molecule has 1 atom stereocenters. The van der Waals surface area contributed by atoms with E-state index in [4.69, 9.17) is 21.1 Å². The van der Waals surface area contributed by atoms with Crippen LogP contribution in [0.25, 0.3) is 0 Å². The molecule has 0 N–H and O–H groups in total. The van der Waals surface area contributed by atoms with E-state index in [1.807, 2.05) is 25.1 Å². The summed E-state index contributed by atoms with van der Waals surface area (Å²) in [6.07, 6.45) is 0. The lowest BCUT2D eigenvalue weighted by molar-refractivity contribution is 0.329. The van der Waals surface area contributed by atoms with Crippen molar-refractivity contribution in [2.75, 3.05) is 13.7 Å². The van der Waals surface area contributed by atoms with Gasteiger partial charge in [-0.25, -0.2) is 0 Å². The first-order valence-electron chi connectivity index (χ1n) is 4.14. The van der Waals surface area contributed by atoms with Crippen LogP contribution in [0.2, 0.25) is 5.02 Å². The largest absolute Gasteiger partial charge is 0.497 e. The molecule has 1 aliphatic heterocycles. The first-order valence-corrected chi connectivity index (χ1v) is 4.51. The molecule has 1 saturated heterocycles. The Kier molecular flexibility index (Phi) is 1.97. The standard InChI is InChI=1S/C10H11ClO2/c1-10(6-13-10)8-4-3-7(12-2)5-9(8)11/h3-5H,6H2,1-2H3. The molecule has 2 rings (SSSR count). The summed E-state index contributed by atoms with van der Waals surface area (Å²) >= 11 is 6.07. The molecule has 1 aliphatic rings. The van der Waals surface area contributed by atoms with Gasteiger partial charge in [-0.05, 0) is 19.1 Å². The van der Waals surface area contributed by atoms with E-state index in [1.54, 1.807) is 7.11 Å². The summed E-state index contributed by atoms with van der Waals surface area (Å²) in [4.78, 5) is 0. The van der Waals surface area contributed by atoms with E-state index in [0.29, 0.717) is 5.02 Å². The first-order chi connectivity index (χ1) is 6.15. The molecule has 1 fully saturated rings. The highest BCUT2D eigenvalue weighted by atomic mass is 35.5. The fourth-order valence-electron chi connectivity index (χ4n) is 1.32. The quantitative estimate of drug-likeness (QED) is 0.682. The van der Waals surface area contributed by atoms with Crippen molar-refractivity contribution < 1.29 is 9.47 Å². The minimum absolute atomic E-state index is 0.163. The van der Waals surface area contributed by atoms with Gasteiger partial charge in [0.05, 0.1) is 18.7 Å². The van der Waals surface area contributed by atoms with Gasteiger partial charge in [-0.3, -0.25) is 0 Å². The van der Waals surface area contributed by atoms with Crippen molar-refractivity contribution in [2.24, 2.45) is 0 Å². The molecule has 0 saturated carbocycles. The van der Waals surface area contributed by atoms with Crippen molar-refractivity contribution in [1.29, 1.82) is 0 Å². The second kappa shape index (κ2) is 2.89. The molecule has 1 unspecified atom stereocenters. The van der Waals surface area contributed by atoms with Crippen LogP contribution in [-0.2, 0) is 10.3 Å². The predicted molar refractivity (Wildman–Crippen MR) is 51.3 cm³/mol. The Hall–Kier alpha value is -0.730. The molecule has 0 amide bonds. The first kappa shape index (κ1) is 8.85. The van der Waals surface area contributed by atoms with Crippen LogP contribution in [0.5, 0.6) is 5.75 Å². The van der Waals surface area contributed by atoms with E-state index in [2.05, 4.69) is 0 Å². The average molecular weight is 199 g/mol. The second-order valence-corrected chi connectivity index (χ2v) is 3.77. The molecule has 13 heavy (non-hydrogen) atoms. The Bertz CT molecular complexity index is 332. The summed E-state index contributed by atoms with van der Waals surface area (Å²) in [6.45, 7) is 2.78. The number of hydrogen-bond donors (Lipinski definition) is 0. The van der Waals surface area contributed by atoms with E-state index in [0.717, 1.165) is 17.9 Å². The van der Waals surface area contributed by atoms with Crippen molar-refractivity contribution in [3.05, 3.63) is 28.8 Å². The summed E-state index contributed by atoms with van der Waals surface area (Å²) < 4.78 is 10.4. The fraction of sp³-hybridized carbons (Fsp3) is 0.400. The van der Waals surface area contributed by atoms with Crippen molar-refractivity contribution in [3.63, 3.8) is 0 Å². The second-order valence-electron chi connectivity index (χ2n) is 3.37. The molecule has 1 aromatic rings. The molecule has 0 bridgehead atoms. The zero-order chi connectivity index (χ0) is 9.47. The van der Waals surface area contributed by atoms with Crippen LogP contribution in [0.1, 0.15) is 12.5 Å². The number of halogens is 1. The van der Waals surface area contributed by atoms with Gasteiger partial charge in [-0.15, -0.1) is 0 Å². The van der Waals surface area contributed by atoms with Crippen LogP contribution in [-0.4, -0.2) is 13.7 Å². The molecule has 0 spiro atoms. The van der Waals surface area contributed by atoms with Crippen molar-refractivity contribution in [1.82, 2.24) is 0 Å². The van der Waals surface area contributed by atoms with Crippen molar-refractivity contribution in [2.45, 2.75) is 12.5 Å². The van der Waals surface area contributed by atoms with E-state index in [-0.39, 0.29) is 5.60 Å². The lowest BCUT2D eigenvalue weighted by Crippen LogP contribution is -2.02. The Labute approximate surface area is 82.4 Å². The zero-order valence-electron chi connectivity index (χ0n) is 7.63. The average Bonchev–Trinajstić information content (AvgIpc) is 2.84. The monoisotopic (exact) mass is 198 g/mol. The number of ether oxygens (including phenoxy) is 2. The number of benzene rings is 1. The third kappa shape index (κ3) is 1.52. The molecule has 2 nitrogen and oxygen atoms in total. The summed E-state index contributed by atoms with van der Waals surface area (Å²) in [5.41, 5.74) is 0.874. The van der Waals surface area contributed by atoms with Crippen LogP contribution in [0, 0.1) is 0 Å². The van der Waals surface area contributed by atoms with E-state index in [9.17, 15) is 0 Å². The molecule has 1 aromatic carbocycles. The van der Waals surface area contributed by atoms with E-state index < -0.39 is 0 Å². The topological polar surface area (TPSA) is 21.8 Å². The Morgan fingerprint density at radius 3 is 2.69 bits per heavy atom. The third-order valence-electron chi connectivity index (χ3n) is 2.32. The van der Waals surface area contributed by atoms with Crippen LogP contribution >= 0.6 is 11.6 Å². The molecule has 3 heteroatoms. The molecular weight excluding hydrogens is 188 g/mol. The van der Waals surface area contributed by atoms with E-state index >= 15 is 0 Å². The number of methoxy groups -OCH3 is 1. The van der Waals surface area contributed by atoms with Gasteiger partial charge in [0.2, 0.25) is 0 Å². The maximum absolute atomic E-state index is 6.07. The summed E-state index contributed by atoms with van der Waals surface area (Å²) in [6, 6.07) is 5.66. The van der Waals surface area contributed by atoms with Gasteiger partial charge in [0.1, 0.15) is 11.4 Å². The fourth-order valence-corrected chi connectivity index (χ4v) is 1.69. The number of hydrogen-bond acceptors (Lipinski definition) is 2. The molecule has 0 radical (unpaired) electrons. The van der Waals surface area contributed by atoms with Gasteiger partial charge in [0, 0.05) is 5.56 Å². The minimum atomic E-state index is -0.163. The predicted octanol–water partition coefficient (Wildman–Crippen LogP) is 2.59. The van der Waals surface area contributed by atoms with Crippen molar-refractivity contribution in [3.8, 4) is 5.75 Å². The molecule has 70 valence electrons. The van der Waals surface area contributed by atoms with Gasteiger partial charge >= 0.3 is 0 Å². The van der Waals surface area contributed by atoms with E-state index in [1.165, 1.54) is 0 Å². The summed E-state index contributed by atoms with van der Waals surface area (Å²) in [5.74, 6) is 0.776. The van der Waals surface area contributed by atoms with Gasteiger partial charge < -0.3 is 9.47 Å². The summed E-state index contributed by atoms with van der Waals surface area (Å²) in [5, 5.41) is 0.708. The maximum Gasteiger partial charge on any atom is 0.120 e. The molecular formula is C10H11ClO2. The van der Waals surface area contributed by atoms with Crippen LogP contribution in [0.3, 0.4) is 0 Å². The molecule has 1 heterocycles.